The van der Waals surface area contributed by atoms with E-state index in [9.17, 15) is 9.59 Å². The van der Waals surface area contributed by atoms with Crippen LogP contribution in [0.3, 0.4) is 0 Å². The van der Waals surface area contributed by atoms with E-state index in [0.717, 1.165) is 19.5 Å². The van der Waals surface area contributed by atoms with Gasteiger partial charge in [0, 0.05) is 25.7 Å². The molecule has 2 aliphatic rings. The molecule has 2 rings (SSSR count). The molecule has 0 spiro atoms. The summed E-state index contributed by atoms with van der Waals surface area (Å²) in [6.45, 7) is 3.79. The molecule has 0 aliphatic carbocycles. The van der Waals surface area contributed by atoms with Crippen molar-refractivity contribution in [3.63, 3.8) is 0 Å². The van der Waals surface area contributed by atoms with Gasteiger partial charge < -0.3 is 15.0 Å². The summed E-state index contributed by atoms with van der Waals surface area (Å²) >= 11 is 0. The zero-order valence-electron chi connectivity index (χ0n) is 12.4. The number of carbonyl (C=O) groups is 2. The molecule has 0 radical (unpaired) electrons. The van der Waals surface area contributed by atoms with Crippen molar-refractivity contribution in [2.24, 2.45) is 5.92 Å². The summed E-state index contributed by atoms with van der Waals surface area (Å²) in [6, 6.07) is 0.464. The molecule has 6 nitrogen and oxygen atoms in total. The highest BCUT2D eigenvalue weighted by atomic mass is 16.5. The molecule has 1 amide bonds. The van der Waals surface area contributed by atoms with Crippen molar-refractivity contribution in [1.82, 2.24) is 15.1 Å². The highest BCUT2D eigenvalue weighted by Gasteiger charge is 2.29. The summed E-state index contributed by atoms with van der Waals surface area (Å²) in [5.74, 6) is -0.0187. The molecule has 6 heteroatoms. The van der Waals surface area contributed by atoms with Gasteiger partial charge in [-0.1, -0.05) is 0 Å². The largest absolute Gasteiger partial charge is 0.469 e. The molecule has 1 unspecified atom stereocenters. The van der Waals surface area contributed by atoms with E-state index in [-0.39, 0.29) is 17.8 Å². The van der Waals surface area contributed by atoms with Gasteiger partial charge in [0.2, 0.25) is 5.91 Å². The molecule has 2 saturated heterocycles. The molecule has 114 valence electrons. The summed E-state index contributed by atoms with van der Waals surface area (Å²) < 4.78 is 4.76. The van der Waals surface area contributed by atoms with E-state index in [1.807, 2.05) is 11.9 Å². The number of ether oxygens (including phenoxy) is 1. The number of likely N-dealkylation sites (tertiary alicyclic amines) is 1. The highest BCUT2D eigenvalue weighted by Crippen LogP contribution is 2.18. The number of amides is 1. The van der Waals surface area contributed by atoms with E-state index >= 15 is 0 Å². The van der Waals surface area contributed by atoms with Gasteiger partial charge in [0.05, 0.1) is 19.6 Å². The van der Waals surface area contributed by atoms with Crippen LogP contribution >= 0.6 is 0 Å². The maximum absolute atomic E-state index is 12.3. The van der Waals surface area contributed by atoms with Crippen LogP contribution in [0.4, 0.5) is 0 Å². The lowest BCUT2D eigenvalue weighted by Gasteiger charge is -2.33. The van der Waals surface area contributed by atoms with E-state index in [4.69, 9.17) is 4.74 Å². The lowest BCUT2D eigenvalue weighted by molar-refractivity contribution is -0.149. The third kappa shape index (κ3) is 3.70. The molecule has 0 aromatic rings. The summed E-state index contributed by atoms with van der Waals surface area (Å²) in [6.07, 6.45) is 2.54. The first-order chi connectivity index (χ1) is 9.61. The summed E-state index contributed by atoms with van der Waals surface area (Å²) in [5, 5.41) is 3.31. The number of carbonyl (C=O) groups excluding carboxylic acids is 2. The molecular weight excluding hydrogens is 258 g/mol. The molecule has 20 heavy (non-hydrogen) atoms. The Morgan fingerprint density at radius 3 is 2.55 bits per heavy atom. The number of rotatable bonds is 4. The number of piperidine rings is 1. The number of likely N-dealkylation sites (N-methyl/N-ethyl adjacent to an activating group) is 1. The van der Waals surface area contributed by atoms with Gasteiger partial charge in [0.15, 0.2) is 0 Å². The molecule has 2 aliphatic heterocycles. The Labute approximate surface area is 120 Å². The van der Waals surface area contributed by atoms with Crippen molar-refractivity contribution >= 4 is 11.9 Å². The smallest absolute Gasteiger partial charge is 0.308 e. The minimum atomic E-state index is -0.147. The predicted octanol–water partition coefficient (Wildman–Crippen LogP) is -0.308. The number of nitrogens with one attached hydrogen (secondary N) is 1. The number of hydrogen-bond donors (Lipinski definition) is 1. The lowest BCUT2D eigenvalue weighted by Crippen LogP contribution is -2.46. The van der Waals surface area contributed by atoms with Gasteiger partial charge in [0.25, 0.3) is 0 Å². The third-order valence-corrected chi connectivity index (χ3v) is 4.42. The first-order valence-electron chi connectivity index (χ1n) is 7.38. The topological polar surface area (TPSA) is 61.9 Å². The molecule has 2 heterocycles. The van der Waals surface area contributed by atoms with Gasteiger partial charge in [-0.15, -0.1) is 0 Å². The Morgan fingerprint density at radius 2 is 2.00 bits per heavy atom. The Bertz CT molecular complexity index is 348. The monoisotopic (exact) mass is 283 g/mol. The maximum atomic E-state index is 12.3. The quantitative estimate of drug-likeness (QED) is 0.717. The molecule has 0 bridgehead atoms. The SMILES string of the molecule is COC(=O)C1CCN(C(=O)CN(C)C2CCNC2)CC1. The van der Waals surface area contributed by atoms with E-state index in [0.29, 0.717) is 38.5 Å². The van der Waals surface area contributed by atoms with E-state index in [1.165, 1.54) is 7.11 Å². The molecule has 0 aromatic heterocycles. The van der Waals surface area contributed by atoms with E-state index < -0.39 is 0 Å². The number of methoxy groups -OCH3 is 1. The van der Waals surface area contributed by atoms with Gasteiger partial charge in [0.1, 0.15) is 0 Å². The Kier molecular flexibility index (Phi) is 5.37. The molecule has 2 fully saturated rings. The van der Waals surface area contributed by atoms with Crippen LogP contribution in [0.25, 0.3) is 0 Å². The zero-order valence-corrected chi connectivity index (χ0v) is 12.4. The number of hydrogen-bond acceptors (Lipinski definition) is 5. The average molecular weight is 283 g/mol. The molecule has 0 saturated carbocycles. The fraction of sp³-hybridized carbons (Fsp3) is 0.857. The molecule has 0 aromatic carbocycles. The van der Waals surface area contributed by atoms with Crippen LogP contribution < -0.4 is 5.32 Å². The summed E-state index contributed by atoms with van der Waals surface area (Å²) in [5.41, 5.74) is 0. The zero-order chi connectivity index (χ0) is 14.5. The average Bonchev–Trinajstić information content (AvgIpc) is 3.01. The number of esters is 1. The fourth-order valence-electron chi connectivity index (χ4n) is 2.99. The van der Waals surface area contributed by atoms with Gasteiger partial charge >= 0.3 is 5.97 Å². The second kappa shape index (κ2) is 7.04. The minimum absolute atomic E-state index is 0.0409. The Balaban J connectivity index is 1.75. The van der Waals surface area contributed by atoms with Gasteiger partial charge in [-0.3, -0.25) is 14.5 Å². The first-order valence-corrected chi connectivity index (χ1v) is 7.38. The maximum Gasteiger partial charge on any atom is 0.308 e. The minimum Gasteiger partial charge on any atom is -0.469 e. The molecular formula is C14H25N3O3. The molecule has 1 atom stereocenters. The first kappa shape index (κ1) is 15.3. The van der Waals surface area contributed by atoms with Crippen LogP contribution in [-0.2, 0) is 14.3 Å². The van der Waals surface area contributed by atoms with Crippen molar-refractivity contribution in [1.29, 1.82) is 0 Å². The van der Waals surface area contributed by atoms with Crippen molar-refractivity contribution < 1.29 is 14.3 Å². The van der Waals surface area contributed by atoms with Crippen molar-refractivity contribution in [2.75, 3.05) is 46.9 Å². The van der Waals surface area contributed by atoms with Crippen LogP contribution in [0.15, 0.2) is 0 Å². The third-order valence-electron chi connectivity index (χ3n) is 4.42. The fourth-order valence-corrected chi connectivity index (χ4v) is 2.99. The molecule has 1 N–H and O–H groups in total. The van der Waals surface area contributed by atoms with Crippen LogP contribution in [0.1, 0.15) is 19.3 Å². The van der Waals surface area contributed by atoms with Gasteiger partial charge in [-0.2, -0.15) is 0 Å². The standard InChI is InChI=1S/C14H25N3O3/c1-16(12-3-6-15-9-12)10-13(18)17-7-4-11(5-8-17)14(19)20-2/h11-12,15H,3-10H2,1-2H3. The van der Waals surface area contributed by atoms with E-state index in [2.05, 4.69) is 10.2 Å². The van der Waals surface area contributed by atoms with Crippen molar-refractivity contribution in [3.8, 4) is 0 Å². The highest BCUT2D eigenvalue weighted by molar-refractivity contribution is 5.79. The summed E-state index contributed by atoms with van der Waals surface area (Å²) in [4.78, 5) is 27.7. The van der Waals surface area contributed by atoms with Crippen molar-refractivity contribution in [2.45, 2.75) is 25.3 Å². The lowest BCUT2D eigenvalue weighted by atomic mass is 9.97. The van der Waals surface area contributed by atoms with Crippen molar-refractivity contribution in [3.05, 3.63) is 0 Å². The van der Waals surface area contributed by atoms with Crippen LogP contribution in [-0.4, -0.2) is 74.6 Å². The second-order valence-corrected chi connectivity index (χ2v) is 5.74. The van der Waals surface area contributed by atoms with Crippen LogP contribution in [0.5, 0.6) is 0 Å². The van der Waals surface area contributed by atoms with Crippen LogP contribution in [0, 0.1) is 5.92 Å². The van der Waals surface area contributed by atoms with Gasteiger partial charge in [-0.05, 0) is 32.9 Å². The normalized spacial score (nSPS) is 24.1. The predicted molar refractivity (Wildman–Crippen MR) is 75.2 cm³/mol. The Hall–Kier alpha value is -1.14. The van der Waals surface area contributed by atoms with Crippen LogP contribution in [0.2, 0.25) is 0 Å². The Morgan fingerprint density at radius 1 is 1.30 bits per heavy atom. The van der Waals surface area contributed by atoms with Gasteiger partial charge in [-0.25, -0.2) is 0 Å². The van der Waals surface area contributed by atoms with E-state index in [1.54, 1.807) is 0 Å². The number of nitrogens with zero attached hydrogens (tertiary/aromatic N) is 2. The second-order valence-electron chi connectivity index (χ2n) is 5.74. The summed E-state index contributed by atoms with van der Waals surface area (Å²) in [7, 11) is 3.43.